The van der Waals surface area contributed by atoms with Gasteiger partial charge in [-0.2, -0.15) is 0 Å². The lowest BCUT2D eigenvalue weighted by atomic mass is 9.32. The molecule has 0 amide bonds. The van der Waals surface area contributed by atoms with Crippen molar-refractivity contribution in [3.63, 3.8) is 0 Å². The maximum Gasteiger partial charge on any atom is -0.00362 e. The molecule has 8 aliphatic carbocycles. The van der Waals surface area contributed by atoms with Gasteiger partial charge >= 0.3 is 0 Å². The Bertz CT molecular complexity index is 678. The van der Waals surface area contributed by atoms with Crippen LogP contribution in [0.25, 0.3) is 0 Å². The van der Waals surface area contributed by atoms with E-state index in [9.17, 15) is 0 Å². The number of hydrogen-bond donors (Lipinski definition) is 0. The zero-order chi connectivity index (χ0) is 17.0. The highest BCUT2D eigenvalue weighted by atomic mass is 14.7. The Balaban J connectivity index is 1.34. The molecule has 0 saturated heterocycles. The van der Waals surface area contributed by atoms with E-state index in [-0.39, 0.29) is 0 Å². The second-order valence-corrected chi connectivity index (χ2v) is 12.1. The van der Waals surface area contributed by atoms with Gasteiger partial charge in [0.1, 0.15) is 0 Å². The van der Waals surface area contributed by atoms with Gasteiger partial charge in [-0.25, -0.2) is 0 Å². The predicted octanol–water partition coefficient (Wildman–Crippen LogP) is 6.74. The molecule has 8 saturated carbocycles. The van der Waals surface area contributed by atoms with Gasteiger partial charge in [-0.15, -0.1) is 0 Å². The van der Waals surface area contributed by atoms with E-state index in [1.54, 1.807) is 69.8 Å². The standard InChI is InChI=1S/C26H34/c1-2-4-23(5-3-1)24-10-21-9-22(11-24)16-26(15-21,17-24)25-12-18-6-19(13-25)8-20(7-18)14-25/h1-5,18-22H,6-17H2. The second kappa shape index (κ2) is 4.79. The quantitative estimate of drug-likeness (QED) is 0.556. The third kappa shape index (κ3) is 1.83. The Morgan fingerprint density at radius 2 is 1.04 bits per heavy atom. The fraction of sp³-hybridized carbons (Fsp3) is 0.769. The third-order valence-electron chi connectivity index (χ3n) is 10.6. The molecule has 0 aliphatic heterocycles. The van der Waals surface area contributed by atoms with E-state index in [1.807, 2.05) is 0 Å². The molecule has 8 bridgehead atoms. The molecule has 2 atom stereocenters. The predicted molar refractivity (Wildman–Crippen MR) is 106 cm³/mol. The van der Waals surface area contributed by atoms with E-state index >= 15 is 0 Å². The van der Waals surface area contributed by atoms with E-state index in [1.165, 1.54) is 12.8 Å². The molecule has 0 spiro atoms. The van der Waals surface area contributed by atoms with Crippen LogP contribution in [0.4, 0.5) is 0 Å². The van der Waals surface area contributed by atoms with Gasteiger partial charge in [-0.3, -0.25) is 0 Å². The van der Waals surface area contributed by atoms with Crippen LogP contribution in [0.1, 0.15) is 82.6 Å². The molecule has 9 rings (SSSR count). The fourth-order valence-corrected chi connectivity index (χ4v) is 10.8. The summed E-state index contributed by atoms with van der Waals surface area (Å²) in [6.07, 6.45) is 19.1. The van der Waals surface area contributed by atoms with E-state index < -0.39 is 0 Å². The lowest BCUT2D eigenvalue weighted by Crippen LogP contribution is -2.63. The molecule has 138 valence electrons. The van der Waals surface area contributed by atoms with Crippen LogP contribution < -0.4 is 0 Å². The Kier molecular flexibility index (Phi) is 2.80. The minimum atomic E-state index is 0.550. The minimum Gasteiger partial charge on any atom is -0.0622 e. The Morgan fingerprint density at radius 3 is 1.62 bits per heavy atom. The van der Waals surface area contributed by atoms with Crippen molar-refractivity contribution >= 4 is 0 Å². The van der Waals surface area contributed by atoms with Crippen molar-refractivity contribution < 1.29 is 0 Å². The zero-order valence-corrected chi connectivity index (χ0v) is 16.3. The van der Waals surface area contributed by atoms with E-state index in [0.717, 1.165) is 40.4 Å². The molecule has 1 aromatic carbocycles. The molecule has 0 heterocycles. The van der Waals surface area contributed by atoms with Crippen molar-refractivity contribution in [2.24, 2.45) is 40.4 Å². The Hall–Kier alpha value is -0.780. The summed E-state index contributed by atoms with van der Waals surface area (Å²) in [6, 6.07) is 11.8. The van der Waals surface area contributed by atoms with Crippen LogP contribution in [-0.2, 0) is 5.41 Å². The van der Waals surface area contributed by atoms with Crippen LogP contribution in [0.15, 0.2) is 30.3 Å². The van der Waals surface area contributed by atoms with Crippen LogP contribution in [-0.4, -0.2) is 0 Å². The van der Waals surface area contributed by atoms with Gasteiger partial charge in [-0.1, -0.05) is 30.3 Å². The highest BCUT2D eigenvalue weighted by molar-refractivity contribution is 5.32. The minimum absolute atomic E-state index is 0.550. The summed E-state index contributed by atoms with van der Waals surface area (Å²) in [5, 5.41) is 0. The number of rotatable bonds is 2. The first-order valence-electron chi connectivity index (χ1n) is 11.7. The average molecular weight is 347 g/mol. The number of hydrogen-bond acceptors (Lipinski definition) is 0. The number of benzene rings is 1. The molecular weight excluding hydrogens is 312 g/mol. The lowest BCUT2D eigenvalue weighted by molar-refractivity contribution is -0.205. The third-order valence-corrected chi connectivity index (χ3v) is 10.6. The van der Waals surface area contributed by atoms with E-state index in [0.29, 0.717) is 5.41 Å². The van der Waals surface area contributed by atoms with Gasteiger partial charge in [0.15, 0.2) is 0 Å². The monoisotopic (exact) mass is 346 g/mol. The van der Waals surface area contributed by atoms with Crippen LogP contribution in [0.3, 0.4) is 0 Å². The van der Waals surface area contributed by atoms with E-state index in [4.69, 9.17) is 0 Å². The zero-order valence-electron chi connectivity index (χ0n) is 16.3. The van der Waals surface area contributed by atoms with Gasteiger partial charge in [0.05, 0.1) is 0 Å². The SMILES string of the molecule is c1ccc(C23CC4CC(C2)CC(C25CC6CC(CC(C6)C2)C5)(C4)C3)cc1. The first kappa shape index (κ1) is 15.2. The average Bonchev–Trinajstić information content (AvgIpc) is 2.60. The van der Waals surface area contributed by atoms with Crippen molar-refractivity contribution in [2.75, 3.05) is 0 Å². The van der Waals surface area contributed by atoms with Gasteiger partial charge in [0.2, 0.25) is 0 Å². The van der Waals surface area contributed by atoms with Crippen LogP contribution >= 0.6 is 0 Å². The molecule has 0 aromatic heterocycles. The Labute approximate surface area is 159 Å². The lowest BCUT2D eigenvalue weighted by Gasteiger charge is -2.72. The maximum absolute atomic E-state index is 2.49. The highest BCUT2D eigenvalue weighted by Crippen LogP contribution is 2.76. The molecular formula is C26H34. The molecule has 0 N–H and O–H groups in total. The van der Waals surface area contributed by atoms with Crippen molar-refractivity contribution in [3.05, 3.63) is 35.9 Å². The highest BCUT2D eigenvalue weighted by Gasteiger charge is 2.67. The largest absolute Gasteiger partial charge is 0.0622 e. The summed E-state index contributed by atoms with van der Waals surface area (Å²) in [7, 11) is 0. The summed E-state index contributed by atoms with van der Waals surface area (Å²) in [5.74, 6) is 5.43. The fourth-order valence-electron chi connectivity index (χ4n) is 10.8. The van der Waals surface area contributed by atoms with Crippen molar-refractivity contribution in [1.29, 1.82) is 0 Å². The topological polar surface area (TPSA) is 0 Å². The summed E-state index contributed by atoms with van der Waals surface area (Å²) in [4.78, 5) is 0. The van der Waals surface area contributed by atoms with Gasteiger partial charge in [-0.05, 0) is 128 Å². The molecule has 0 radical (unpaired) electrons. The summed E-state index contributed by atoms with van der Waals surface area (Å²) in [5.41, 5.74) is 3.75. The summed E-state index contributed by atoms with van der Waals surface area (Å²) < 4.78 is 0. The molecule has 8 fully saturated rings. The van der Waals surface area contributed by atoms with E-state index in [2.05, 4.69) is 30.3 Å². The molecule has 0 heteroatoms. The van der Waals surface area contributed by atoms with Crippen LogP contribution in [0.2, 0.25) is 0 Å². The molecule has 8 aliphatic rings. The molecule has 2 unspecified atom stereocenters. The second-order valence-electron chi connectivity index (χ2n) is 12.1. The first-order chi connectivity index (χ1) is 12.7. The summed E-state index contributed by atoms with van der Waals surface area (Å²) in [6.45, 7) is 0. The first-order valence-corrected chi connectivity index (χ1v) is 11.7. The van der Waals surface area contributed by atoms with Crippen molar-refractivity contribution in [1.82, 2.24) is 0 Å². The van der Waals surface area contributed by atoms with Crippen molar-refractivity contribution in [3.8, 4) is 0 Å². The van der Waals surface area contributed by atoms with Crippen LogP contribution in [0, 0.1) is 40.4 Å². The van der Waals surface area contributed by atoms with Gasteiger partial charge < -0.3 is 0 Å². The van der Waals surface area contributed by atoms with Gasteiger partial charge in [0, 0.05) is 0 Å². The van der Waals surface area contributed by atoms with Crippen molar-refractivity contribution in [2.45, 2.75) is 82.5 Å². The molecule has 1 aromatic rings. The molecule has 0 nitrogen and oxygen atoms in total. The Morgan fingerprint density at radius 1 is 0.538 bits per heavy atom. The normalized spacial score (nSPS) is 56.2. The van der Waals surface area contributed by atoms with Gasteiger partial charge in [0.25, 0.3) is 0 Å². The van der Waals surface area contributed by atoms with Crippen LogP contribution in [0.5, 0.6) is 0 Å². The smallest absolute Gasteiger partial charge is 0.00362 e. The molecule has 26 heavy (non-hydrogen) atoms. The summed E-state index contributed by atoms with van der Waals surface area (Å²) >= 11 is 0. The maximum atomic E-state index is 2.49.